The van der Waals surface area contributed by atoms with Gasteiger partial charge in [-0.1, -0.05) is 20.3 Å². The van der Waals surface area contributed by atoms with Crippen molar-refractivity contribution >= 4 is 5.91 Å². The number of hydrogen-bond acceptors (Lipinski definition) is 1. The Morgan fingerprint density at radius 2 is 1.89 bits per heavy atom. The highest BCUT2D eigenvalue weighted by molar-refractivity contribution is 5.81. The van der Waals surface area contributed by atoms with E-state index in [2.05, 4.69) is 13.8 Å². The van der Waals surface area contributed by atoms with Crippen molar-refractivity contribution in [2.75, 3.05) is 6.54 Å². The van der Waals surface area contributed by atoms with Gasteiger partial charge in [0, 0.05) is 31.3 Å². The Kier molecular flexibility index (Phi) is 2.52. The minimum atomic E-state index is -2.59. The first-order valence-corrected chi connectivity index (χ1v) is 6.98. The number of nitrogens with zero attached hydrogens (tertiary/aromatic N) is 1. The topological polar surface area (TPSA) is 20.3 Å². The monoisotopic (exact) mass is 257 g/mol. The highest BCUT2D eigenvalue weighted by Crippen LogP contribution is 2.51. The van der Waals surface area contributed by atoms with Crippen LogP contribution in [0.4, 0.5) is 8.78 Å². The highest BCUT2D eigenvalue weighted by atomic mass is 19.3. The maximum atomic E-state index is 12.9. The maximum absolute atomic E-state index is 12.9. The van der Waals surface area contributed by atoms with Crippen LogP contribution in [0, 0.1) is 17.3 Å². The van der Waals surface area contributed by atoms with Crippen molar-refractivity contribution in [2.45, 2.75) is 57.9 Å². The smallest absolute Gasteiger partial charge is 0.249 e. The Hall–Kier alpha value is -0.670. The molecule has 3 fully saturated rings. The zero-order chi connectivity index (χ0) is 13.1. The zero-order valence-electron chi connectivity index (χ0n) is 11.1. The van der Waals surface area contributed by atoms with Gasteiger partial charge >= 0.3 is 0 Å². The Bertz CT molecular complexity index is 372. The normalized spacial score (nSPS) is 37.4. The number of carbonyl (C=O) groups is 1. The molecule has 3 rings (SSSR count). The summed E-state index contributed by atoms with van der Waals surface area (Å²) in [6.07, 6.45) is 2.94. The number of rotatable bonds is 1. The van der Waals surface area contributed by atoms with Crippen LogP contribution in [-0.4, -0.2) is 29.3 Å². The van der Waals surface area contributed by atoms with Crippen LogP contribution < -0.4 is 0 Å². The molecule has 0 bridgehead atoms. The summed E-state index contributed by atoms with van der Waals surface area (Å²) in [5, 5.41) is 0. The van der Waals surface area contributed by atoms with Crippen LogP contribution in [0.2, 0.25) is 0 Å². The SMILES string of the molecule is CC1(C)CN(C(=O)C2CC(F)(F)C2)C2CCCC21. The summed E-state index contributed by atoms with van der Waals surface area (Å²) in [6, 6.07) is 0.321. The van der Waals surface area contributed by atoms with E-state index in [1.165, 1.54) is 12.8 Å². The summed E-state index contributed by atoms with van der Waals surface area (Å²) in [4.78, 5) is 14.3. The lowest BCUT2D eigenvalue weighted by atomic mass is 9.80. The molecule has 0 radical (unpaired) electrons. The van der Waals surface area contributed by atoms with Crippen molar-refractivity contribution in [1.29, 1.82) is 0 Å². The Morgan fingerprint density at radius 3 is 2.50 bits per heavy atom. The second-order valence-corrected chi connectivity index (χ2v) is 7.02. The Balaban J connectivity index is 1.72. The minimum Gasteiger partial charge on any atom is -0.339 e. The molecule has 2 saturated carbocycles. The molecule has 0 aromatic carbocycles. The van der Waals surface area contributed by atoms with E-state index in [0.29, 0.717) is 12.0 Å². The fraction of sp³-hybridized carbons (Fsp3) is 0.929. The molecular weight excluding hydrogens is 236 g/mol. The first kappa shape index (κ1) is 12.4. The van der Waals surface area contributed by atoms with Crippen LogP contribution in [-0.2, 0) is 4.79 Å². The summed E-state index contributed by atoms with van der Waals surface area (Å²) < 4.78 is 25.8. The summed E-state index contributed by atoms with van der Waals surface area (Å²) in [5.74, 6) is -2.45. The molecular formula is C14H21F2NO. The Morgan fingerprint density at radius 1 is 1.22 bits per heavy atom. The number of alkyl halides is 2. The number of fused-ring (bicyclic) bond motifs is 1. The molecule has 1 heterocycles. The van der Waals surface area contributed by atoms with Crippen molar-refractivity contribution in [2.24, 2.45) is 17.3 Å². The van der Waals surface area contributed by atoms with Crippen LogP contribution in [0.25, 0.3) is 0 Å². The van der Waals surface area contributed by atoms with Crippen LogP contribution in [0.1, 0.15) is 46.0 Å². The molecule has 2 aliphatic carbocycles. The van der Waals surface area contributed by atoms with Gasteiger partial charge in [-0.25, -0.2) is 8.78 Å². The number of carbonyl (C=O) groups excluding carboxylic acids is 1. The first-order chi connectivity index (χ1) is 8.30. The van der Waals surface area contributed by atoms with Gasteiger partial charge in [0.1, 0.15) is 0 Å². The van der Waals surface area contributed by atoms with E-state index in [9.17, 15) is 13.6 Å². The van der Waals surface area contributed by atoms with Crippen LogP contribution in [0.15, 0.2) is 0 Å². The van der Waals surface area contributed by atoms with Gasteiger partial charge in [0.25, 0.3) is 0 Å². The standard InChI is InChI=1S/C14H21F2NO/c1-13(2)8-17(11-5-3-4-10(11)13)12(18)9-6-14(15,16)7-9/h9-11H,3-8H2,1-2H3. The molecule has 1 saturated heterocycles. The van der Waals surface area contributed by atoms with E-state index >= 15 is 0 Å². The molecule has 18 heavy (non-hydrogen) atoms. The van der Waals surface area contributed by atoms with E-state index in [4.69, 9.17) is 0 Å². The third-order valence-electron chi connectivity index (χ3n) is 5.18. The van der Waals surface area contributed by atoms with E-state index in [1.807, 2.05) is 4.90 Å². The average molecular weight is 257 g/mol. The summed E-state index contributed by atoms with van der Waals surface area (Å²) in [7, 11) is 0. The van der Waals surface area contributed by atoms with Gasteiger partial charge in [-0.15, -0.1) is 0 Å². The quantitative estimate of drug-likeness (QED) is 0.707. The lowest BCUT2D eigenvalue weighted by Gasteiger charge is -2.37. The first-order valence-electron chi connectivity index (χ1n) is 6.98. The van der Waals surface area contributed by atoms with Crippen LogP contribution >= 0.6 is 0 Å². The molecule has 2 nitrogen and oxygen atoms in total. The van der Waals surface area contributed by atoms with E-state index in [1.54, 1.807) is 0 Å². The second-order valence-electron chi connectivity index (χ2n) is 7.02. The molecule has 2 unspecified atom stereocenters. The molecule has 102 valence electrons. The van der Waals surface area contributed by atoms with Crippen molar-refractivity contribution in [3.05, 3.63) is 0 Å². The third kappa shape index (κ3) is 1.76. The average Bonchev–Trinajstić information content (AvgIpc) is 2.77. The Labute approximate surface area is 107 Å². The summed E-state index contributed by atoms with van der Waals surface area (Å²) in [5.41, 5.74) is 0.156. The van der Waals surface area contributed by atoms with Crippen LogP contribution in [0.5, 0.6) is 0 Å². The molecule has 1 aliphatic heterocycles. The van der Waals surface area contributed by atoms with Crippen molar-refractivity contribution in [1.82, 2.24) is 4.90 Å². The van der Waals surface area contributed by atoms with E-state index < -0.39 is 11.8 Å². The van der Waals surface area contributed by atoms with E-state index in [-0.39, 0.29) is 24.2 Å². The van der Waals surface area contributed by atoms with Crippen molar-refractivity contribution in [3.8, 4) is 0 Å². The fourth-order valence-electron chi connectivity index (χ4n) is 4.21. The number of hydrogen-bond donors (Lipinski definition) is 0. The molecule has 0 N–H and O–H groups in total. The predicted octanol–water partition coefficient (Wildman–Crippen LogP) is 3.07. The van der Waals surface area contributed by atoms with Gasteiger partial charge in [-0.2, -0.15) is 0 Å². The van der Waals surface area contributed by atoms with Crippen molar-refractivity contribution in [3.63, 3.8) is 0 Å². The molecule has 3 aliphatic rings. The molecule has 2 atom stereocenters. The molecule has 0 aromatic rings. The molecule has 0 spiro atoms. The number of halogens is 2. The largest absolute Gasteiger partial charge is 0.339 e. The van der Waals surface area contributed by atoms with Gasteiger partial charge in [0.05, 0.1) is 0 Å². The van der Waals surface area contributed by atoms with Gasteiger partial charge in [0.15, 0.2) is 0 Å². The van der Waals surface area contributed by atoms with Crippen LogP contribution in [0.3, 0.4) is 0 Å². The lowest BCUT2D eigenvalue weighted by Crippen LogP contribution is -2.48. The molecule has 0 aromatic heterocycles. The highest BCUT2D eigenvalue weighted by Gasteiger charge is 2.55. The van der Waals surface area contributed by atoms with Gasteiger partial charge in [-0.05, 0) is 24.2 Å². The zero-order valence-corrected chi connectivity index (χ0v) is 11.1. The van der Waals surface area contributed by atoms with Crippen molar-refractivity contribution < 1.29 is 13.6 Å². The third-order valence-corrected chi connectivity index (χ3v) is 5.18. The maximum Gasteiger partial charge on any atom is 0.249 e. The lowest BCUT2D eigenvalue weighted by molar-refractivity contribution is -0.160. The molecule has 1 amide bonds. The van der Waals surface area contributed by atoms with Gasteiger partial charge in [-0.3, -0.25) is 4.79 Å². The number of likely N-dealkylation sites (tertiary alicyclic amines) is 1. The van der Waals surface area contributed by atoms with Gasteiger partial charge < -0.3 is 4.90 Å². The summed E-state index contributed by atoms with van der Waals surface area (Å²) in [6.45, 7) is 5.17. The predicted molar refractivity (Wildman–Crippen MR) is 64.3 cm³/mol. The second kappa shape index (κ2) is 3.67. The van der Waals surface area contributed by atoms with Gasteiger partial charge in [0.2, 0.25) is 11.8 Å². The van der Waals surface area contributed by atoms with E-state index in [0.717, 1.165) is 13.0 Å². The molecule has 4 heteroatoms. The number of amides is 1. The summed E-state index contributed by atoms with van der Waals surface area (Å²) >= 11 is 0. The fourth-order valence-corrected chi connectivity index (χ4v) is 4.21. The minimum absolute atomic E-state index is 0.0107.